The molecule has 1 atom stereocenters. The number of benzene rings is 1. The number of alkyl halides is 3. The van der Waals surface area contributed by atoms with E-state index in [2.05, 4.69) is 10.3 Å². The highest BCUT2D eigenvalue weighted by atomic mass is 32.2. The summed E-state index contributed by atoms with van der Waals surface area (Å²) in [5.41, 5.74) is -0.402. The van der Waals surface area contributed by atoms with Crippen molar-refractivity contribution in [1.29, 1.82) is 0 Å². The summed E-state index contributed by atoms with van der Waals surface area (Å²) in [7, 11) is -3.65. The van der Waals surface area contributed by atoms with Gasteiger partial charge in [0.15, 0.2) is 0 Å². The molecule has 1 unspecified atom stereocenters. The van der Waals surface area contributed by atoms with E-state index in [0.29, 0.717) is 11.1 Å². The standard InChI is InChI=1S/C18H19F4N3O3S/c1-10(12-4-6-15(14(19)8-12)25-29(3,27)28)17(26)23-9-13-5-7-16(18(20,21)22)24-11(13)2/h4-8,10,25H,9H2,1-3H3,(H,23,26). The second kappa shape index (κ2) is 8.36. The molecule has 0 bridgehead atoms. The van der Waals surface area contributed by atoms with E-state index in [1.165, 1.54) is 32.0 Å². The summed E-state index contributed by atoms with van der Waals surface area (Å²) in [5, 5.41) is 2.57. The Morgan fingerprint density at radius 2 is 1.86 bits per heavy atom. The van der Waals surface area contributed by atoms with Crippen LogP contribution in [0, 0.1) is 12.7 Å². The third-order valence-corrected chi connectivity index (χ3v) is 4.71. The second-order valence-corrected chi connectivity index (χ2v) is 8.24. The van der Waals surface area contributed by atoms with Gasteiger partial charge in [0.25, 0.3) is 0 Å². The number of sulfonamides is 1. The molecule has 0 spiro atoms. The Morgan fingerprint density at radius 1 is 1.21 bits per heavy atom. The van der Waals surface area contributed by atoms with E-state index in [-0.39, 0.29) is 17.9 Å². The van der Waals surface area contributed by atoms with Gasteiger partial charge in [-0.3, -0.25) is 9.52 Å². The third-order valence-electron chi connectivity index (χ3n) is 4.12. The minimum atomic E-state index is -4.55. The highest BCUT2D eigenvalue weighted by Crippen LogP contribution is 2.28. The number of carbonyl (C=O) groups is 1. The van der Waals surface area contributed by atoms with Crippen LogP contribution in [0.15, 0.2) is 30.3 Å². The lowest BCUT2D eigenvalue weighted by Gasteiger charge is -2.15. The predicted molar refractivity (Wildman–Crippen MR) is 99.1 cm³/mol. The van der Waals surface area contributed by atoms with Gasteiger partial charge < -0.3 is 5.32 Å². The number of pyridine rings is 1. The number of rotatable bonds is 6. The first kappa shape index (κ1) is 22.6. The number of aromatic nitrogens is 1. The van der Waals surface area contributed by atoms with Crippen LogP contribution in [0.3, 0.4) is 0 Å². The van der Waals surface area contributed by atoms with Gasteiger partial charge in [-0.05, 0) is 43.2 Å². The van der Waals surface area contributed by atoms with Crippen LogP contribution < -0.4 is 10.0 Å². The van der Waals surface area contributed by atoms with Gasteiger partial charge in [0.2, 0.25) is 15.9 Å². The smallest absolute Gasteiger partial charge is 0.351 e. The normalized spacial score (nSPS) is 13.1. The molecule has 0 radical (unpaired) electrons. The van der Waals surface area contributed by atoms with Crippen LogP contribution in [0.25, 0.3) is 0 Å². The summed E-state index contributed by atoms with van der Waals surface area (Å²) in [6, 6.07) is 5.73. The molecule has 1 heterocycles. The molecule has 2 aromatic rings. The van der Waals surface area contributed by atoms with Gasteiger partial charge in [-0.25, -0.2) is 17.8 Å². The van der Waals surface area contributed by atoms with Crippen molar-refractivity contribution in [2.45, 2.75) is 32.5 Å². The van der Waals surface area contributed by atoms with Crippen molar-refractivity contribution in [2.24, 2.45) is 0 Å². The SMILES string of the molecule is Cc1nc(C(F)(F)F)ccc1CNC(=O)C(C)c1ccc(NS(C)(=O)=O)c(F)c1. The minimum absolute atomic E-state index is 0.0453. The van der Waals surface area contributed by atoms with Gasteiger partial charge in [-0.15, -0.1) is 0 Å². The van der Waals surface area contributed by atoms with Gasteiger partial charge in [-0.1, -0.05) is 12.1 Å². The molecular formula is C18H19F4N3O3S. The Labute approximate surface area is 165 Å². The highest BCUT2D eigenvalue weighted by Gasteiger charge is 2.32. The summed E-state index contributed by atoms with van der Waals surface area (Å²) in [4.78, 5) is 15.8. The number of nitrogens with zero attached hydrogens (tertiary/aromatic N) is 1. The number of halogens is 4. The van der Waals surface area contributed by atoms with Crippen LogP contribution in [0.1, 0.15) is 35.4 Å². The quantitative estimate of drug-likeness (QED) is 0.684. The molecule has 29 heavy (non-hydrogen) atoms. The van der Waals surface area contributed by atoms with E-state index in [9.17, 15) is 30.8 Å². The van der Waals surface area contributed by atoms with Gasteiger partial charge in [0, 0.05) is 12.2 Å². The third kappa shape index (κ3) is 6.14. The van der Waals surface area contributed by atoms with E-state index >= 15 is 0 Å². The van der Waals surface area contributed by atoms with Crippen molar-refractivity contribution >= 4 is 21.6 Å². The molecule has 1 aromatic carbocycles. The Balaban J connectivity index is 2.07. The zero-order chi connectivity index (χ0) is 22.0. The Kier molecular flexibility index (Phi) is 6.51. The summed E-state index contributed by atoms with van der Waals surface area (Å²) < 4.78 is 76.5. The first-order valence-corrected chi connectivity index (χ1v) is 10.3. The molecule has 0 aliphatic rings. The van der Waals surface area contributed by atoms with Gasteiger partial charge in [0.1, 0.15) is 11.5 Å². The fraction of sp³-hybridized carbons (Fsp3) is 0.333. The summed E-state index contributed by atoms with van der Waals surface area (Å²) in [6.07, 6.45) is -3.67. The molecule has 0 fully saturated rings. The maximum absolute atomic E-state index is 14.1. The first-order valence-electron chi connectivity index (χ1n) is 8.36. The lowest BCUT2D eigenvalue weighted by atomic mass is 9.99. The van der Waals surface area contributed by atoms with Crippen molar-refractivity contribution in [3.05, 3.63) is 58.7 Å². The zero-order valence-electron chi connectivity index (χ0n) is 15.8. The summed E-state index contributed by atoms with van der Waals surface area (Å²) in [6.45, 7) is 2.88. The number of anilines is 1. The van der Waals surface area contributed by atoms with Crippen molar-refractivity contribution in [1.82, 2.24) is 10.3 Å². The van der Waals surface area contributed by atoms with Crippen LogP contribution >= 0.6 is 0 Å². The lowest BCUT2D eigenvalue weighted by molar-refractivity contribution is -0.141. The van der Waals surface area contributed by atoms with E-state index < -0.39 is 39.5 Å². The van der Waals surface area contributed by atoms with Crippen LogP contribution in [-0.2, 0) is 27.5 Å². The number of carbonyl (C=O) groups excluding carboxylic acids is 1. The second-order valence-electron chi connectivity index (χ2n) is 6.49. The van der Waals surface area contributed by atoms with Crippen molar-refractivity contribution in [3.8, 4) is 0 Å². The molecule has 0 saturated carbocycles. The van der Waals surface area contributed by atoms with Gasteiger partial charge in [-0.2, -0.15) is 13.2 Å². The average Bonchev–Trinajstić information content (AvgIpc) is 2.59. The summed E-state index contributed by atoms with van der Waals surface area (Å²) >= 11 is 0. The number of aryl methyl sites for hydroxylation is 1. The minimum Gasteiger partial charge on any atom is -0.351 e. The molecule has 0 aliphatic heterocycles. The lowest BCUT2D eigenvalue weighted by Crippen LogP contribution is -2.28. The molecule has 2 N–H and O–H groups in total. The van der Waals surface area contributed by atoms with Crippen LogP contribution in [-0.4, -0.2) is 25.6 Å². The molecule has 6 nitrogen and oxygen atoms in total. The zero-order valence-corrected chi connectivity index (χ0v) is 16.6. The van der Waals surface area contributed by atoms with Gasteiger partial charge in [0.05, 0.1) is 17.9 Å². The summed E-state index contributed by atoms with van der Waals surface area (Å²) in [5.74, 6) is -2.10. The van der Waals surface area contributed by atoms with E-state index in [0.717, 1.165) is 18.4 Å². The Bertz CT molecular complexity index is 1020. The van der Waals surface area contributed by atoms with Crippen molar-refractivity contribution in [3.63, 3.8) is 0 Å². The van der Waals surface area contributed by atoms with Gasteiger partial charge >= 0.3 is 6.18 Å². The predicted octanol–water partition coefficient (Wildman–Crippen LogP) is 3.34. The average molecular weight is 433 g/mol. The van der Waals surface area contributed by atoms with E-state index in [1.54, 1.807) is 0 Å². The number of hydrogen-bond acceptors (Lipinski definition) is 4. The topological polar surface area (TPSA) is 88.2 Å². The molecule has 1 amide bonds. The van der Waals surface area contributed by atoms with Crippen molar-refractivity contribution in [2.75, 3.05) is 11.0 Å². The van der Waals surface area contributed by atoms with Crippen LogP contribution in [0.2, 0.25) is 0 Å². The first-order chi connectivity index (χ1) is 13.3. The van der Waals surface area contributed by atoms with Crippen LogP contribution in [0.5, 0.6) is 0 Å². The number of nitrogens with one attached hydrogen (secondary N) is 2. The molecule has 158 valence electrons. The Morgan fingerprint density at radius 3 is 2.38 bits per heavy atom. The molecule has 0 saturated heterocycles. The largest absolute Gasteiger partial charge is 0.433 e. The fourth-order valence-corrected chi connectivity index (χ4v) is 3.07. The van der Waals surface area contributed by atoms with E-state index in [4.69, 9.17) is 0 Å². The molecule has 11 heteroatoms. The van der Waals surface area contributed by atoms with Crippen molar-refractivity contribution < 1.29 is 30.8 Å². The maximum Gasteiger partial charge on any atom is 0.433 e. The monoisotopic (exact) mass is 433 g/mol. The fourth-order valence-electron chi connectivity index (χ4n) is 2.50. The molecule has 0 aliphatic carbocycles. The number of amides is 1. The van der Waals surface area contributed by atoms with E-state index in [1.807, 2.05) is 4.72 Å². The molecule has 2 rings (SSSR count). The Hall–Kier alpha value is -2.69. The molecular weight excluding hydrogens is 414 g/mol. The highest BCUT2D eigenvalue weighted by molar-refractivity contribution is 7.92. The van der Waals surface area contributed by atoms with Crippen LogP contribution in [0.4, 0.5) is 23.2 Å². The molecule has 1 aromatic heterocycles. The number of hydrogen-bond donors (Lipinski definition) is 2. The maximum atomic E-state index is 14.1.